The number of carbonyl (C=O) groups is 1. The highest BCUT2D eigenvalue weighted by Gasteiger charge is 2.21. The van der Waals surface area contributed by atoms with Gasteiger partial charge in [0.2, 0.25) is 10.0 Å². The molecule has 8 heteroatoms. The minimum absolute atomic E-state index is 0.0127. The van der Waals surface area contributed by atoms with E-state index in [0.717, 1.165) is 11.1 Å². The molecule has 0 aliphatic heterocycles. The summed E-state index contributed by atoms with van der Waals surface area (Å²) in [6.07, 6.45) is 0. The Morgan fingerprint density at radius 3 is 2.37 bits per heavy atom. The summed E-state index contributed by atoms with van der Waals surface area (Å²) < 4.78 is 41.0. The van der Waals surface area contributed by atoms with E-state index in [4.69, 9.17) is 11.6 Å². The van der Waals surface area contributed by atoms with E-state index in [2.05, 4.69) is 10.0 Å². The van der Waals surface area contributed by atoms with Crippen LogP contribution >= 0.6 is 11.6 Å². The summed E-state index contributed by atoms with van der Waals surface area (Å²) in [6.45, 7) is 1.84. The van der Waals surface area contributed by atoms with E-state index in [1.165, 1.54) is 30.3 Å². The van der Waals surface area contributed by atoms with Gasteiger partial charge in [0.15, 0.2) is 0 Å². The predicted octanol–water partition coefficient (Wildman–Crippen LogP) is 4.45. The van der Waals surface area contributed by atoms with Gasteiger partial charge in [-0.2, -0.15) is 0 Å². The molecule has 0 saturated heterocycles. The lowest BCUT2D eigenvalue weighted by molar-refractivity contribution is 0.0939. The number of amides is 1. The van der Waals surface area contributed by atoms with Crippen LogP contribution in [0.3, 0.4) is 0 Å². The van der Waals surface area contributed by atoms with Gasteiger partial charge in [-0.3, -0.25) is 4.79 Å². The van der Waals surface area contributed by atoms with E-state index in [1.807, 2.05) is 18.2 Å². The Morgan fingerprint density at radius 1 is 1.03 bits per heavy atom. The maximum atomic E-state index is 13.1. The zero-order chi connectivity index (χ0) is 21.7. The summed E-state index contributed by atoms with van der Waals surface area (Å²) in [5, 5.41) is 2.78. The largest absolute Gasteiger partial charge is 0.346 e. The molecule has 0 spiro atoms. The standard InChI is InChI=1S/C22H20ClFN2O3S/c1-15(17-7-10-19(24)11-8-17)26-22(27)18-9-12-20(23)21(13-18)30(28,29)25-14-16-5-3-2-4-6-16/h2-13,15,25H,14H2,1H3,(H,26,27). The van der Waals surface area contributed by atoms with Crippen molar-refractivity contribution in [2.75, 3.05) is 0 Å². The quantitative estimate of drug-likeness (QED) is 0.563. The van der Waals surface area contributed by atoms with Gasteiger partial charge < -0.3 is 5.32 Å². The molecule has 0 radical (unpaired) electrons. The van der Waals surface area contributed by atoms with Crippen molar-refractivity contribution < 1.29 is 17.6 Å². The molecule has 0 aliphatic carbocycles. The second kappa shape index (κ2) is 9.38. The van der Waals surface area contributed by atoms with Crippen LogP contribution in [0.15, 0.2) is 77.7 Å². The van der Waals surface area contributed by atoms with E-state index in [1.54, 1.807) is 31.2 Å². The first-order valence-corrected chi connectivity index (χ1v) is 11.0. The zero-order valence-corrected chi connectivity index (χ0v) is 17.7. The van der Waals surface area contributed by atoms with E-state index in [-0.39, 0.29) is 27.8 Å². The highest BCUT2D eigenvalue weighted by Crippen LogP contribution is 2.23. The maximum absolute atomic E-state index is 13.1. The van der Waals surface area contributed by atoms with E-state index < -0.39 is 22.0 Å². The highest BCUT2D eigenvalue weighted by atomic mass is 35.5. The molecule has 0 aromatic heterocycles. The van der Waals surface area contributed by atoms with E-state index >= 15 is 0 Å². The molecule has 3 aromatic rings. The Hall–Kier alpha value is -2.74. The Labute approximate surface area is 179 Å². The van der Waals surface area contributed by atoms with Gasteiger partial charge in [0.1, 0.15) is 10.7 Å². The van der Waals surface area contributed by atoms with E-state index in [0.29, 0.717) is 0 Å². The molecule has 3 rings (SSSR count). The number of halogens is 2. The Kier molecular flexibility index (Phi) is 6.87. The van der Waals surface area contributed by atoms with Crippen molar-refractivity contribution in [3.05, 3.63) is 100 Å². The fraction of sp³-hybridized carbons (Fsp3) is 0.136. The Morgan fingerprint density at radius 2 is 1.70 bits per heavy atom. The second-order valence-electron chi connectivity index (χ2n) is 6.70. The Balaban J connectivity index is 1.76. The molecule has 0 aliphatic rings. The zero-order valence-electron chi connectivity index (χ0n) is 16.1. The van der Waals surface area contributed by atoms with Gasteiger partial charge >= 0.3 is 0 Å². The van der Waals surface area contributed by atoms with Crippen LogP contribution in [0.4, 0.5) is 4.39 Å². The monoisotopic (exact) mass is 446 g/mol. The highest BCUT2D eigenvalue weighted by molar-refractivity contribution is 7.89. The van der Waals surface area contributed by atoms with Gasteiger partial charge in [-0.1, -0.05) is 54.1 Å². The minimum Gasteiger partial charge on any atom is -0.346 e. The summed E-state index contributed by atoms with van der Waals surface area (Å²) >= 11 is 6.10. The van der Waals surface area contributed by atoms with Crippen LogP contribution in [0.5, 0.6) is 0 Å². The average molecular weight is 447 g/mol. The molecular formula is C22H20ClFN2O3S. The smallest absolute Gasteiger partial charge is 0.251 e. The molecule has 156 valence electrons. The van der Waals surface area contributed by atoms with Crippen molar-refractivity contribution in [3.63, 3.8) is 0 Å². The van der Waals surface area contributed by atoms with Crippen molar-refractivity contribution in [1.82, 2.24) is 10.0 Å². The van der Waals surface area contributed by atoms with Crippen molar-refractivity contribution >= 4 is 27.5 Å². The predicted molar refractivity (Wildman–Crippen MR) is 114 cm³/mol. The lowest BCUT2D eigenvalue weighted by Gasteiger charge is -2.15. The van der Waals surface area contributed by atoms with Gasteiger partial charge in [0.25, 0.3) is 5.91 Å². The number of benzene rings is 3. The van der Waals surface area contributed by atoms with Crippen molar-refractivity contribution in [2.24, 2.45) is 0 Å². The van der Waals surface area contributed by atoms with Crippen LogP contribution in [0.25, 0.3) is 0 Å². The molecule has 1 unspecified atom stereocenters. The maximum Gasteiger partial charge on any atom is 0.251 e. The second-order valence-corrected chi connectivity index (χ2v) is 8.84. The summed E-state index contributed by atoms with van der Waals surface area (Å²) in [7, 11) is -3.93. The van der Waals surface area contributed by atoms with Crippen molar-refractivity contribution in [1.29, 1.82) is 0 Å². The van der Waals surface area contributed by atoms with Crippen LogP contribution in [0, 0.1) is 5.82 Å². The van der Waals surface area contributed by atoms with Crippen LogP contribution in [0.2, 0.25) is 5.02 Å². The first kappa shape index (κ1) is 22.0. The molecule has 0 heterocycles. The van der Waals surface area contributed by atoms with Crippen molar-refractivity contribution in [3.8, 4) is 0 Å². The summed E-state index contributed by atoms with van der Waals surface area (Å²) in [4.78, 5) is 12.4. The molecule has 0 bridgehead atoms. The number of nitrogens with one attached hydrogen (secondary N) is 2. The molecule has 0 fully saturated rings. The molecule has 5 nitrogen and oxygen atoms in total. The number of hydrogen-bond donors (Lipinski definition) is 2. The average Bonchev–Trinajstić information content (AvgIpc) is 2.73. The fourth-order valence-electron chi connectivity index (χ4n) is 2.82. The number of hydrogen-bond acceptors (Lipinski definition) is 3. The first-order valence-electron chi connectivity index (χ1n) is 9.16. The lowest BCUT2D eigenvalue weighted by Crippen LogP contribution is -2.27. The molecule has 3 aromatic carbocycles. The van der Waals surface area contributed by atoms with Gasteiger partial charge in [-0.25, -0.2) is 17.5 Å². The third-order valence-corrected chi connectivity index (χ3v) is 6.39. The van der Waals surface area contributed by atoms with Crippen molar-refractivity contribution in [2.45, 2.75) is 24.4 Å². The SMILES string of the molecule is CC(NC(=O)c1ccc(Cl)c(S(=O)(=O)NCc2ccccc2)c1)c1ccc(F)cc1. The molecule has 1 atom stereocenters. The normalized spacial score (nSPS) is 12.4. The van der Waals surface area contributed by atoms with Crippen LogP contribution in [0.1, 0.15) is 34.5 Å². The van der Waals surface area contributed by atoms with Gasteiger partial charge in [-0.15, -0.1) is 0 Å². The van der Waals surface area contributed by atoms with Gasteiger partial charge in [0.05, 0.1) is 11.1 Å². The number of carbonyl (C=O) groups excluding carboxylic acids is 1. The topological polar surface area (TPSA) is 75.3 Å². The third-order valence-electron chi connectivity index (χ3n) is 4.51. The molecular weight excluding hydrogens is 427 g/mol. The summed E-state index contributed by atoms with van der Waals surface area (Å²) in [6, 6.07) is 18.5. The van der Waals surface area contributed by atoms with Crippen LogP contribution in [-0.2, 0) is 16.6 Å². The molecule has 1 amide bonds. The fourth-order valence-corrected chi connectivity index (χ4v) is 4.36. The molecule has 2 N–H and O–H groups in total. The summed E-state index contributed by atoms with van der Waals surface area (Å²) in [5.41, 5.74) is 1.66. The number of sulfonamides is 1. The van der Waals surface area contributed by atoms with E-state index in [9.17, 15) is 17.6 Å². The number of rotatable bonds is 7. The van der Waals surface area contributed by atoms with Crippen LogP contribution < -0.4 is 10.0 Å². The Bertz CT molecular complexity index is 1140. The van der Waals surface area contributed by atoms with Gasteiger partial charge in [-0.05, 0) is 48.4 Å². The molecule has 30 heavy (non-hydrogen) atoms. The third kappa shape index (κ3) is 5.44. The first-order chi connectivity index (χ1) is 14.3. The van der Waals surface area contributed by atoms with Gasteiger partial charge in [0, 0.05) is 12.1 Å². The minimum atomic E-state index is -3.93. The molecule has 0 saturated carbocycles. The lowest BCUT2D eigenvalue weighted by atomic mass is 10.1. The van der Waals surface area contributed by atoms with Crippen LogP contribution in [-0.4, -0.2) is 14.3 Å². The summed E-state index contributed by atoms with van der Waals surface area (Å²) in [5.74, 6) is -0.837.